The van der Waals surface area contributed by atoms with Crippen LogP contribution in [-0.4, -0.2) is 26.2 Å². The van der Waals surface area contributed by atoms with Gasteiger partial charge in [-0.3, -0.25) is 4.79 Å². The Morgan fingerprint density at radius 3 is 2.06 bits per heavy atom. The van der Waals surface area contributed by atoms with Crippen LogP contribution in [0, 0.1) is 0 Å². The lowest BCUT2D eigenvalue weighted by Gasteiger charge is -2.30. The van der Waals surface area contributed by atoms with E-state index in [0.717, 1.165) is 5.56 Å². The summed E-state index contributed by atoms with van der Waals surface area (Å²) in [6.45, 7) is 0. The Morgan fingerprint density at radius 1 is 0.735 bits per heavy atom. The van der Waals surface area contributed by atoms with Crippen molar-refractivity contribution in [1.29, 1.82) is 0 Å². The van der Waals surface area contributed by atoms with Gasteiger partial charge in [0.2, 0.25) is 0 Å². The van der Waals surface area contributed by atoms with Crippen molar-refractivity contribution in [2.75, 3.05) is 0 Å². The summed E-state index contributed by atoms with van der Waals surface area (Å²) in [5, 5.41) is 43.3. The normalized spacial score (nSPS) is 14.9. The second-order valence-electron chi connectivity index (χ2n) is 8.22. The van der Waals surface area contributed by atoms with Crippen molar-refractivity contribution >= 4 is 5.78 Å². The molecule has 5 rings (SSSR count). The maximum Gasteiger partial charge on any atom is 0.174 e. The van der Waals surface area contributed by atoms with E-state index in [1.807, 2.05) is 30.3 Å². The highest BCUT2D eigenvalue weighted by atomic mass is 16.5. The van der Waals surface area contributed by atoms with Crippen LogP contribution in [0.15, 0.2) is 78.9 Å². The van der Waals surface area contributed by atoms with Crippen LogP contribution in [0.5, 0.6) is 28.7 Å². The number of para-hydroxylation sites is 2. The van der Waals surface area contributed by atoms with E-state index >= 15 is 0 Å². The molecule has 4 aromatic rings. The topological polar surface area (TPSA) is 107 Å². The summed E-state index contributed by atoms with van der Waals surface area (Å²) in [5.74, 6) is -1.17. The van der Waals surface area contributed by atoms with Crippen molar-refractivity contribution in [3.63, 3.8) is 0 Å². The third-order valence-corrected chi connectivity index (χ3v) is 6.11. The minimum absolute atomic E-state index is 0.00477. The number of benzene rings is 4. The molecular weight excluding hydrogens is 432 g/mol. The minimum atomic E-state index is -0.617. The molecule has 1 unspecified atom stereocenters. The van der Waals surface area contributed by atoms with Crippen LogP contribution in [0.2, 0.25) is 0 Å². The van der Waals surface area contributed by atoms with Crippen LogP contribution in [0.25, 0.3) is 11.1 Å². The lowest BCUT2D eigenvalue weighted by Crippen LogP contribution is -2.21. The highest BCUT2D eigenvalue weighted by molar-refractivity contribution is 6.06. The second-order valence-corrected chi connectivity index (χ2v) is 8.22. The number of hydrogen-bond acceptors (Lipinski definition) is 6. The average molecular weight is 454 g/mol. The third kappa shape index (κ3) is 3.59. The first-order valence-electron chi connectivity index (χ1n) is 10.9. The lowest BCUT2D eigenvalue weighted by atomic mass is 9.87. The van der Waals surface area contributed by atoms with Gasteiger partial charge in [0, 0.05) is 17.5 Å². The molecule has 0 aromatic heterocycles. The van der Waals surface area contributed by atoms with Crippen molar-refractivity contribution in [3.8, 4) is 39.9 Å². The monoisotopic (exact) mass is 454 g/mol. The number of fused-ring (bicyclic) bond motifs is 1. The molecule has 34 heavy (non-hydrogen) atoms. The fraction of sp³-hybridized carbons (Fsp3) is 0.107. The van der Waals surface area contributed by atoms with Crippen molar-refractivity contribution in [1.82, 2.24) is 0 Å². The first kappa shape index (κ1) is 21.4. The summed E-state index contributed by atoms with van der Waals surface area (Å²) >= 11 is 0. The fourth-order valence-corrected chi connectivity index (χ4v) is 4.39. The van der Waals surface area contributed by atoms with E-state index in [9.17, 15) is 25.2 Å². The van der Waals surface area contributed by atoms with Gasteiger partial charge in [0.15, 0.2) is 5.78 Å². The molecular formula is C28H22O6. The van der Waals surface area contributed by atoms with E-state index in [1.165, 1.54) is 12.1 Å². The van der Waals surface area contributed by atoms with Crippen LogP contribution in [-0.2, 0) is 6.42 Å². The van der Waals surface area contributed by atoms with Gasteiger partial charge in [-0.1, -0.05) is 66.7 Å². The summed E-state index contributed by atoms with van der Waals surface area (Å²) in [6.07, 6.45) is -0.646. The number of rotatable bonds is 4. The molecule has 0 bridgehead atoms. The highest BCUT2D eigenvalue weighted by Crippen LogP contribution is 2.54. The van der Waals surface area contributed by atoms with Crippen molar-refractivity contribution in [2.24, 2.45) is 0 Å². The molecule has 1 atom stereocenters. The Kier molecular flexibility index (Phi) is 5.34. The maximum absolute atomic E-state index is 13.3. The molecule has 1 aliphatic heterocycles. The van der Waals surface area contributed by atoms with Gasteiger partial charge in [-0.25, -0.2) is 0 Å². The number of ketones is 1. The number of aromatic hydroxyl groups is 4. The number of phenols is 4. The van der Waals surface area contributed by atoms with E-state index in [1.54, 1.807) is 36.4 Å². The fourth-order valence-electron chi connectivity index (χ4n) is 4.39. The largest absolute Gasteiger partial charge is 0.508 e. The van der Waals surface area contributed by atoms with Crippen LogP contribution in [0.3, 0.4) is 0 Å². The predicted molar refractivity (Wildman–Crippen MR) is 127 cm³/mol. The summed E-state index contributed by atoms with van der Waals surface area (Å²) in [7, 11) is 0. The maximum atomic E-state index is 13.3. The molecule has 6 nitrogen and oxygen atoms in total. The van der Waals surface area contributed by atoms with E-state index < -0.39 is 11.9 Å². The van der Waals surface area contributed by atoms with Gasteiger partial charge in [-0.2, -0.15) is 0 Å². The van der Waals surface area contributed by atoms with Crippen LogP contribution in [0.1, 0.15) is 39.6 Å². The van der Waals surface area contributed by atoms with Gasteiger partial charge in [-0.15, -0.1) is 0 Å². The Hall–Kier alpha value is -4.45. The van der Waals surface area contributed by atoms with Gasteiger partial charge in [-0.05, 0) is 23.3 Å². The quantitative estimate of drug-likeness (QED) is 0.326. The summed E-state index contributed by atoms with van der Waals surface area (Å²) in [4.78, 5) is 13.3. The third-order valence-electron chi connectivity index (χ3n) is 6.11. The van der Waals surface area contributed by atoms with Gasteiger partial charge < -0.3 is 25.2 Å². The van der Waals surface area contributed by atoms with E-state index in [4.69, 9.17) is 4.74 Å². The van der Waals surface area contributed by atoms with E-state index in [0.29, 0.717) is 5.56 Å². The molecule has 0 spiro atoms. The number of carbonyl (C=O) groups excluding carboxylic acids is 1. The van der Waals surface area contributed by atoms with Crippen LogP contribution in [0.4, 0.5) is 0 Å². The molecule has 0 aliphatic carbocycles. The number of hydrogen-bond donors (Lipinski definition) is 4. The standard InChI is InChI=1S/C28H22O6/c29-20-12-6-4-10-17(20)14-19-26(32)24(18-11-5-7-13-21(18)30)28-25(27(19)33)22(31)15-23(34-28)16-8-2-1-3-9-16/h1-13,23,29-30,32-33H,14-15H2. The molecule has 1 aliphatic rings. The number of phenolic OH excluding ortho intramolecular Hbond substituents is 4. The molecule has 6 heteroatoms. The SMILES string of the molecule is O=C1CC(c2ccccc2)Oc2c1c(O)c(Cc1ccccc1O)c(O)c2-c1ccccc1O. The van der Waals surface area contributed by atoms with E-state index in [2.05, 4.69) is 0 Å². The Balaban J connectivity index is 1.75. The van der Waals surface area contributed by atoms with Crippen molar-refractivity contribution in [3.05, 3.63) is 101 Å². The number of ether oxygens (including phenoxy) is 1. The second kappa shape index (κ2) is 8.48. The molecule has 0 saturated heterocycles. The molecule has 170 valence electrons. The molecule has 1 heterocycles. The molecule has 0 saturated carbocycles. The summed E-state index contributed by atoms with van der Waals surface area (Å²) in [6, 6.07) is 22.2. The molecule has 0 amide bonds. The Bertz CT molecular complexity index is 1390. The average Bonchev–Trinajstić information content (AvgIpc) is 2.84. The van der Waals surface area contributed by atoms with Crippen LogP contribution < -0.4 is 4.74 Å². The molecule has 0 radical (unpaired) electrons. The lowest BCUT2D eigenvalue weighted by molar-refractivity contribution is 0.0845. The first-order chi connectivity index (χ1) is 16.5. The zero-order valence-corrected chi connectivity index (χ0v) is 18.1. The van der Waals surface area contributed by atoms with Gasteiger partial charge in [0.1, 0.15) is 40.4 Å². The highest BCUT2D eigenvalue weighted by Gasteiger charge is 2.37. The Labute approximate surface area is 196 Å². The zero-order chi connectivity index (χ0) is 23.8. The van der Waals surface area contributed by atoms with Gasteiger partial charge in [0.25, 0.3) is 0 Å². The van der Waals surface area contributed by atoms with Crippen molar-refractivity contribution < 1.29 is 30.0 Å². The smallest absolute Gasteiger partial charge is 0.174 e. The zero-order valence-electron chi connectivity index (χ0n) is 18.1. The van der Waals surface area contributed by atoms with Gasteiger partial charge in [0.05, 0.1) is 12.0 Å². The molecule has 0 fully saturated rings. The molecule has 4 N–H and O–H groups in total. The number of Topliss-reactive ketones (excluding diaryl/α,β-unsaturated/α-hetero) is 1. The van der Waals surface area contributed by atoms with Crippen molar-refractivity contribution in [2.45, 2.75) is 18.9 Å². The van der Waals surface area contributed by atoms with Crippen LogP contribution >= 0.6 is 0 Å². The Morgan fingerprint density at radius 2 is 1.35 bits per heavy atom. The minimum Gasteiger partial charge on any atom is -0.508 e. The van der Waals surface area contributed by atoms with Gasteiger partial charge >= 0.3 is 0 Å². The first-order valence-corrected chi connectivity index (χ1v) is 10.9. The van der Waals surface area contributed by atoms with E-state index in [-0.39, 0.29) is 63.9 Å². The predicted octanol–water partition coefficient (Wildman–Crippen LogP) is 5.47. The summed E-state index contributed by atoms with van der Waals surface area (Å²) < 4.78 is 6.22. The summed E-state index contributed by atoms with van der Waals surface area (Å²) in [5.41, 5.74) is 1.63. The number of carbonyl (C=O) groups is 1. The molecule has 4 aromatic carbocycles.